The lowest BCUT2D eigenvalue weighted by Crippen LogP contribution is -2.53. The van der Waals surface area contributed by atoms with Crippen LogP contribution < -0.4 is 0 Å². The highest BCUT2D eigenvalue weighted by atomic mass is 16.5. The number of piperidine rings is 1. The number of ketones is 2. The summed E-state index contributed by atoms with van der Waals surface area (Å²) in [5.41, 5.74) is 1.18. The number of nitrogens with zero attached hydrogens (tertiary/aromatic N) is 1. The van der Waals surface area contributed by atoms with Crippen LogP contribution in [0.1, 0.15) is 118 Å². The minimum atomic E-state index is -1.24. The number of hydrogen-bond donors (Lipinski definition) is 0. The highest BCUT2D eigenvalue weighted by Gasteiger charge is 2.42. The number of aryl methyl sites for hydroxylation is 1. The fraction of sp³-hybridized carbons (Fsp3) is 0.541. The van der Waals surface area contributed by atoms with E-state index in [-0.39, 0.29) is 25.4 Å². The number of esters is 2. The molecule has 2 atom stereocenters. The molecule has 2 aromatic rings. The molecular weight excluding hydrogens is 570 g/mol. The molecule has 1 fully saturated rings. The van der Waals surface area contributed by atoms with E-state index >= 15 is 0 Å². The van der Waals surface area contributed by atoms with Gasteiger partial charge in [-0.1, -0.05) is 74.2 Å². The van der Waals surface area contributed by atoms with Gasteiger partial charge < -0.3 is 14.4 Å². The largest absolute Gasteiger partial charge is 0.465 e. The van der Waals surface area contributed by atoms with Crippen LogP contribution >= 0.6 is 0 Å². The Morgan fingerprint density at radius 2 is 1.51 bits per heavy atom. The molecule has 0 saturated carbocycles. The average molecular weight is 618 g/mol. The first kappa shape index (κ1) is 34.1. The molecule has 8 nitrogen and oxygen atoms in total. The minimum absolute atomic E-state index is 0.0521. The van der Waals surface area contributed by atoms with Gasteiger partial charge in [0.25, 0.3) is 5.91 Å². The van der Waals surface area contributed by atoms with Crippen LogP contribution in [0.25, 0.3) is 0 Å². The van der Waals surface area contributed by atoms with Crippen molar-refractivity contribution in [1.82, 2.24) is 4.90 Å². The van der Waals surface area contributed by atoms with Crippen molar-refractivity contribution < 1.29 is 33.4 Å². The van der Waals surface area contributed by atoms with Crippen LogP contribution in [0, 0.1) is 5.41 Å². The zero-order valence-corrected chi connectivity index (χ0v) is 26.8. The van der Waals surface area contributed by atoms with Crippen LogP contribution in [0.15, 0.2) is 54.6 Å². The van der Waals surface area contributed by atoms with E-state index in [1.54, 1.807) is 19.9 Å². The molecule has 242 valence electrons. The van der Waals surface area contributed by atoms with Gasteiger partial charge in [0.1, 0.15) is 18.8 Å². The molecule has 1 unspecified atom stereocenters. The molecule has 0 spiro atoms. The first-order chi connectivity index (χ1) is 21.7. The van der Waals surface area contributed by atoms with Gasteiger partial charge in [0.15, 0.2) is 5.78 Å². The normalized spacial score (nSPS) is 23.1. The summed E-state index contributed by atoms with van der Waals surface area (Å²) in [6, 6.07) is 16.3. The first-order valence-electron chi connectivity index (χ1n) is 16.5. The smallest absolute Gasteiger partial charge is 0.329 e. The standard InChI is InChI=1S/C37H47NO7/c1-37(2)26-44-33(40)21-11-6-4-3-5-10-20-31(39)28-17-14-18-29(25-28)32(23-22-27-15-8-7-9-16-27)45-36(43)30-19-12-13-24-38(30)35(42)34(37)41/h7-9,14-18,25,30,32H,3-6,10-13,19-24,26H2,1-2H3/t30-,32?/m0/s1. The van der Waals surface area contributed by atoms with Crippen molar-refractivity contribution in [2.24, 2.45) is 5.41 Å². The molecule has 0 radical (unpaired) electrons. The Kier molecular flexibility index (Phi) is 12.5. The number of Topliss-reactive ketones (excluding diaryl/α,β-unsaturated/α-hetero) is 2. The summed E-state index contributed by atoms with van der Waals surface area (Å²) in [6.07, 6.45) is 8.16. The fourth-order valence-electron chi connectivity index (χ4n) is 6.01. The highest BCUT2D eigenvalue weighted by molar-refractivity contribution is 6.38. The molecule has 1 saturated heterocycles. The van der Waals surface area contributed by atoms with Crippen molar-refractivity contribution in [2.45, 2.75) is 109 Å². The second-order valence-electron chi connectivity index (χ2n) is 13.0. The van der Waals surface area contributed by atoms with Gasteiger partial charge in [-0.15, -0.1) is 0 Å². The predicted molar refractivity (Wildman–Crippen MR) is 170 cm³/mol. The summed E-state index contributed by atoms with van der Waals surface area (Å²) in [5, 5.41) is 0. The molecule has 45 heavy (non-hydrogen) atoms. The minimum Gasteiger partial charge on any atom is -0.465 e. The molecule has 4 rings (SSSR count). The molecular formula is C37H47NO7. The van der Waals surface area contributed by atoms with Gasteiger partial charge >= 0.3 is 11.9 Å². The zero-order chi connectivity index (χ0) is 32.2. The lowest BCUT2D eigenvalue weighted by molar-refractivity contribution is -0.165. The molecule has 2 aromatic carbocycles. The van der Waals surface area contributed by atoms with Crippen LogP contribution in [-0.4, -0.2) is 53.5 Å². The van der Waals surface area contributed by atoms with Crippen molar-refractivity contribution in [3.8, 4) is 0 Å². The third kappa shape index (κ3) is 9.84. The summed E-state index contributed by atoms with van der Waals surface area (Å²) in [7, 11) is 0. The van der Waals surface area contributed by atoms with E-state index in [4.69, 9.17) is 9.47 Å². The first-order valence-corrected chi connectivity index (χ1v) is 16.5. The SMILES string of the molecule is CC1(C)COC(=O)CCCCCCCCC(=O)c2cccc(c2)C(CCc2ccccc2)OC(=O)[C@@H]2CCCCN2C(=O)C1=O. The van der Waals surface area contributed by atoms with Crippen molar-refractivity contribution in [1.29, 1.82) is 0 Å². The number of carbonyl (C=O) groups is 5. The Morgan fingerprint density at radius 1 is 0.800 bits per heavy atom. The second kappa shape index (κ2) is 16.5. The topological polar surface area (TPSA) is 107 Å². The van der Waals surface area contributed by atoms with Crippen molar-refractivity contribution in [3.63, 3.8) is 0 Å². The maximum Gasteiger partial charge on any atom is 0.329 e. The number of rotatable bonds is 3. The Morgan fingerprint density at radius 3 is 2.27 bits per heavy atom. The molecule has 0 N–H and O–H groups in total. The quantitative estimate of drug-likeness (QED) is 0.277. The van der Waals surface area contributed by atoms with E-state index in [2.05, 4.69) is 0 Å². The van der Waals surface area contributed by atoms with E-state index in [1.807, 2.05) is 48.5 Å². The van der Waals surface area contributed by atoms with Gasteiger partial charge in [0.05, 0.1) is 5.41 Å². The van der Waals surface area contributed by atoms with Crippen molar-refractivity contribution >= 4 is 29.4 Å². The maximum atomic E-state index is 13.8. The third-order valence-corrected chi connectivity index (χ3v) is 8.85. The monoisotopic (exact) mass is 617 g/mol. The summed E-state index contributed by atoms with van der Waals surface area (Å²) in [4.78, 5) is 67.6. The Labute approximate surface area is 266 Å². The zero-order valence-electron chi connectivity index (χ0n) is 26.8. The summed E-state index contributed by atoms with van der Waals surface area (Å²) < 4.78 is 11.6. The number of ether oxygens (including phenoxy) is 2. The molecule has 1 amide bonds. The molecule has 0 aromatic heterocycles. The molecule has 0 aliphatic carbocycles. The van der Waals surface area contributed by atoms with Crippen LogP contribution in [0.5, 0.6) is 0 Å². The Balaban J connectivity index is 1.60. The molecule has 2 aliphatic rings. The molecule has 2 heterocycles. The van der Waals surface area contributed by atoms with E-state index < -0.39 is 41.2 Å². The van der Waals surface area contributed by atoms with Gasteiger partial charge in [-0.3, -0.25) is 19.2 Å². The third-order valence-electron chi connectivity index (χ3n) is 8.85. The van der Waals surface area contributed by atoms with E-state index in [1.165, 1.54) is 4.90 Å². The van der Waals surface area contributed by atoms with Crippen molar-refractivity contribution in [2.75, 3.05) is 13.2 Å². The Bertz CT molecular complexity index is 1340. The number of hydrogen-bond acceptors (Lipinski definition) is 7. The number of carbonyl (C=O) groups excluding carboxylic acids is 5. The van der Waals surface area contributed by atoms with Crippen LogP contribution in [-0.2, 0) is 35.1 Å². The number of benzene rings is 2. The van der Waals surface area contributed by atoms with Gasteiger partial charge in [-0.2, -0.15) is 0 Å². The van der Waals surface area contributed by atoms with Crippen molar-refractivity contribution in [3.05, 3.63) is 71.3 Å². The fourth-order valence-corrected chi connectivity index (χ4v) is 6.01. The van der Waals surface area contributed by atoms with E-state index in [0.29, 0.717) is 44.1 Å². The summed E-state index contributed by atoms with van der Waals surface area (Å²) in [6.45, 7) is 3.24. The predicted octanol–water partition coefficient (Wildman–Crippen LogP) is 6.74. The molecule has 2 bridgehead atoms. The van der Waals surface area contributed by atoms with Crippen LogP contribution in [0.2, 0.25) is 0 Å². The molecule has 2 aliphatic heterocycles. The van der Waals surface area contributed by atoms with Gasteiger partial charge in [0, 0.05) is 24.9 Å². The number of amides is 1. The summed E-state index contributed by atoms with van der Waals surface area (Å²) in [5.74, 6) is -2.36. The average Bonchev–Trinajstić information content (AvgIpc) is 3.06. The van der Waals surface area contributed by atoms with E-state index in [9.17, 15) is 24.0 Å². The Hall–Kier alpha value is -3.81. The van der Waals surface area contributed by atoms with E-state index in [0.717, 1.165) is 49.7 Å². The van der Waals surface area contributed by atoms with Crippen LogP contribution in [0.3, 0.4) is 0 Å². The summed E-state index contributed by atoms with van der Waals surface area (Å²) >= 11 is 0. The molecule has 8 heteroatoms. The van der Waals surface area contributed by atoms with Gasteiger partial charge in [-0.05, 0) is 76.0 Å². The maximum absolute atomic E-state index is 13.8. The lowest BCUT2D eigenvalue weighted by Gasteiger charge is -2.36. The lowest BCUT2D eigenvalue weighted by atomic mass is 9.87. The van der Waals surface area contributed by atoms with Gasteiger partial charge in [0.2, 0.25) is 5.78 Å². The highest BCUT2D eigenvalue weighted by Crippen LogP contribution is 2.29. The number of fused-ring (bicyclic) bond motifs is 3. The van der Waals surface area contributed by atoms with Crippen LogP contribution in [0.4, 0.5) is 0 Å². The second-order valence-corrected chi connectivity index (χ2v) is 13.0. The van der Waals surface area contributed by atoms with Gasteiger partial charge in [-0.25, -0.2) is 4.79 Å². The number of cyclic esters (lactones) is 2.